The van der Waals surface area contributed by atoms with Crippen LogP contribution in [0.4, 0.5) is 4.79 Å². The Morgan fingerprint density at radius 1 is 1.27 bits per heavy atom. The highest BCUT2D eigenvalue weighted by Gasteiger charge is 2.71. The van der Waals surface area contributed by atoms with E-state index in [2.05, 4.69) is 0 Å². The Labute approximate surface area is 152 Å². The lowest BCUT2D eigenvalue weighted by Crippen LogP contribution is -2.47. The van der Waals surface area contributed by atoms with Gasteiger partial charge in [0.1, 0.15) is 0 Å². The number of carbonyl (C=O) groups is 3. The predicted octanol–water partition coefficient (Wildman–Crippen LogP) is 2.21. The Balaban J connectivity index is 2.17. The number of hydrogen-bond acceptors (Lipinski definition) is 5. The van der Waals surface area contributed by atoms with Crippen molar-refractivity contribution in [1.82, 2.24) is 9.80 Å². The van der Waals surface area contributed by atoms with Crippen molar-refractivity contribution >= 4 is 18.0 Å². The van der Waals surface area contributed by atoms with Crippen LogP contribution in [0.5, 0.6) is 0 Å². The van der Waals surface area contributed by atoms with Gasteiger partial charge in [-0.3, -0.25) is 14.5 Å². The number of rotatable bonds is 4. The van der Waals surface area contributed by atoms with Crippen LogP contribution >= 0.6 is 0 Å². The largest absolute Gasteiger partial charge is 0.468 e. The van der Waals surface area contributed by atoms with Gasteiger partial charge >= 0.3 is 12.1 Å². The van der Waals surface area contributed by atoms with E-state index in [4.69, 9.17) is 9.47 Å². The minimum Gasteiger partial charge on any atom is -0.468 e. The highest BCUT2D eigenvalue weighted by atomic mass is 16.6. The van der Waals surface area contributed by atoms with Crippen molar-refractivity contribution in [2.75, 3.05) is 26.8 Å². The van der Waals surface area contributed by atoms with Gasteiger partial charge in [0.15, 0.2) is 5.41 Å². The smallest absolute Gasteiger partial charge is 0.417 e. The lowest BCUT2D eigenvalue weighted by atomic mass is 9.64. The third kappa shape index (κ3) is 2.09. The number of ether oxygens (including phenoxy) is 2. The van der Waals surface area contributed by atoms with Crippen LogP contribution in [-0.2, 0) is 19.1 Å². The van der Waals surface area contributed by atoms with E-state index in [0.29, 0.717) is 19.5 Å². The Bertz CT molecular complexity index is 753. The molecule has 0 bridgehead atoms. The van der Waals surface area contributed by atoms with Gasteiger partial charge in [-0.1, -0.05) is 19.1 Å². The molecule has 0 saturated carbocycles. The summed E-state index contributed by atoms with van der Waals surface area (Å²) in [6.07, 6.45) is 6.93. The van der Waals surface area contributed by atoms with E-state index in [-0.39, 0.29) is 12.5 Å². The molecule has 0 aromatic rings. The molecule has 3 aliphatic rings. The zero-order valence-electron chi connectivity index (χ0n) is 15.6. The zero-order valence-corrected chi connectivity index (χ0v) is 15.6. The molecule has 2 atom stereocenters. The average molecular weight is 360 g/mol. The first-order chi connectivity index (χ1) is 12.4. The molecule has 1 fully saturated rings. The van der Waals surface area contributed by atoms with E-state index < -0.39 is 22.9 Å². The molecule has 1 aliphatic carbocycles. The Hall–Kier alpha value is -2.57. The van der Waals surface area contributed by atoms with Crippen molar-refractivity contribution < 1.29 is 23.9 Å². The minimum atomic E-state index is -1.41. The van der Waals surface area contributed by atoms with Gasteiger partial charge in [0.05, 0.1) is 19.1 Å². The van der Waals surface area contributed by atoms with Gasteiger partial charge in [0.2, 0.25) is 5.91 Å². The molecule has 3 rings (SSSR count). The number of hydrogen-bond donors (Lipinski definition) is 0. The van der Waals surface area contributed by atoms with Gasteiger partial charge in [0.25, 0.3) is 0 Å². The summed E-state index contributed by atoms with van der Waals surface area (Å²) >= 11 is 0. The fraction of sp³-hybridized carbons (Fsp3) is 0.526. The van der Waals surface area contributed by atoms with Gasteiger partial charge < -0.3 is 14.4 Å². The number of likely N-dealkylation sites (tertiary alicyclic amines) is 1. The van der Waals surface area contributed by atoms with Crippen molar-refractivity contribution in [3.05, 3.63) is 35.7 Å². The van der Waals surface area contributed by atoms with Gasteiger partial charge in [0, 0.05) is 25.5 Å². The van der Waals surface area contributed by atoms with Crippen molar-refractivity contribution in [3.63, 3.8) is 0 Å². The third-order valence-corrected chi connectivity index (χ3v) is 5.52. The Morgan fingerprint density at radius 3 is 2.58 bits per heavy atom. The normalized spacial score (nSPS) is 29.2. The lowest BCUT2D eigenvalue weighted by Gasteiger charge is -2.37. The molecular weight excluding hydrogens is 336 g/mol. The highest BCUT2D eigenvalue weighted by molar-refractivity contribution is 6.10. The number of esters is 1. The zero-order chi connectivity index (χ0) is 19.1. The molecule has 1 spiro atoms. The van der Waals surface area contributed by atoms with Gasteiger partial charge in [-0.2, -0.15) is 0 Å². The summed E-state index contributed by atoms with van der Waals surface area (Å²) in [6.45, 7) is 6.72. The molecule has 140 valence electrons. The van der Waals surface area contributed by atoms with E-state index in [1.807, 2.05) is 13.8 Å². The first-order valence-corrected chi connectivity index (χ1v) is 8.88. The van der Waals surface area contributed by atoms with Crippen LogP contribution in [0.15, 0.2) is 35.7 Å². The molecule has 2 unspecified atom stereocenters. The number of amides is 2. The maximum absolute atomic E-state index is 13.2. The van der Waals surface area contributed by atoms with Crippen LogP contribution in [0.3, 0.4) is 0 Å². The number of carbonyl (C=O) groups excluding carboxylic acids is 3. The van der Waals surface area contributed by atoms with Gasteiger partial charge in [-0.25, -0.2) is 4.79 Å². The Kier molecular flexibility index (Phi) is 4.42. The molecule has 0 aromatic carbocycles. The summed E-state index contributed by atoms with van der Waals surface area (Å²) in [7, 11) is 1.30. The third-order valence-electron chi connectivity index (χ3n) is 5.52. The van der Waals surface area contributed by atoms with Crippen LogP contribution < -0.4 is 0 Å². The fourth-order valence-electron chi connectivity index (χ4n) is 4.26. The summed E-state index contributed by atoms with van der Waals surface area (Å²) in [6, 6.07) is 0. The second kappa shape index (κ2) is 6.30. The van der Waals surface area contributed by atoms with Crippen LogP contribution in [0, 0.1) is 10.8 Å². The number of nitrogens with zero attached hydrogens (tertiary/aromatic N) is 2. The molecule has 26 heavy (non-hydrogen) atoms. The van der Waals surface area contributed by atoms with Crippen LogP contribution in [0.1, 0.15) is 27.2 Å². The summed E-state index contributed by atoms with van der Waals surface area (Å²) in [4.78, 5) is 41.2. The summed E-state index contributed by atoms with van der Waals surface area (Å²) in [5.41, 5.74) is -0.600. The molecule has 2 aliphatic heterocycles. The molecule has 2 amide bonds. The second-order valence-electron chi connectivity index (χ2n) is 6.58. The Morgan fingerprint density at radius 2 is 2.00 bits per heavy atom. The van der Waals surface area contributed by atoms with E-state index in [1.54, 1.807) is 36.4 Å². The lowest BCUT2D eigenvalue weighted by molar-refractivity contribution is -0.158. The van der Waals surface area contributed by atoms with E-state index in [9.17, 15) is 14.4 Å². The molecule has 0 N–H and O–H groups in total. The first kappa shape index (κ1) is 18.2. The summed E-state index contributed by atoms with van der Waals surface area (Å²) in [5.74, 6) is -0.822. The van der Waals surface area contributed by atoms with E-state index in [1.165, 1.54) is 12.0 Å². The van der Waals surface area contributed by atoms with Crippen molar-refractivity contribution in [3.8, 4) is 0 Å². The molecule has 0 aromatic heterocycles. The molecule has 1 saturated heterocycles. The average Bonchev–Trinajstić information content (AvgIpc) is 3.07. The molecule has 2 heterocycles. The first-order valence-electron chi connectivity index (χ1n) is 8.88. The predicted molar refractivity (Wildman–Crippen MR) is 93.6 cm³/mol. The molecular formula is C19H24N2O5. The summed E-state index contributed by atoms with van der Waals surface area (Å²) in [5, 5.41) is 0. The van der Waals surface area contributed by atoms with Gasteiger partial charge in [-0.05, 0) is 31.4 Å². The van der Waals surface area contributed by atoms with E-state index >= 15 is 0 Å². The van der Waals surface area contributed by atoms with Crippen molar-refractivity contribution in [1.29, 1.82) is 0 Å². The second-order valence-corrected chi connectivity index (χ2v) is 6.58. The van der Waals surface area contributed by atoms with E-state index in [0.717, 1.165) is 11.1 Å². The van der Waals surface area contributed by atoms with Crippen LogP contribution in [0.25, 0.3) is 0 Å². The highest BCUT2D eigenvalue weighted by Crippen LogP contribution is 2.62. The number of allylic oxidation sites excluding steroid dienone is 1. The monoisotopic (exact) mass is 360 g/mol. The molecule has 0 radical (unpaired) electrons. The molecule has 7 heteroatoms. The maximum Gasteiger partial charge on any atom is 0.417 e. The van der Waals surface area contributed by atoms with Crippen LogP contribution in [0.2, 0.25) is 0 Å². The SMILES string of the molecule is CCOC(=O)N1C=CC23CN(CC)C(=O)C2(C(=O)OC)C=C(CC)C3=C1. The standard InChI is InChI=1S/C19H24N2O5/c1-5-13-10-19(16(23)25-4)15(22)20(6-2)12-18(19)8-9-21(11-14(13)18)17(24)26-7-3/h8-11H,5-7,12H2,1-4H3. The summed E-state index contributed by atoms with van der Waals surface area (Å²) < 4.78 is 10.1. The van der Waals surface area contributed by atoms with Crippen LogP contribution in [-0.4, -0.2) is 54.6 Å². The number of methoxy groups -OCH3 is 1. The van der Waals surface area contributed by atoms with Crippen molar-refractivity contribution in [2.45, 2.75) is 27.2 Å². The van der Waals surface area contributed by atoms with Gasteiger partial charge in [-0.15, -0.1) is 0 Å². The fourth-order valence-corrected chi connectivity index (χ4v) is 4.26. The maximum atomic E-state index is 13.2. The minimum absolute atomic E-state index is 0.254. The molecule has 7 nitrogen and oxygen atoms in total. The van der Waals surface area contributed by atoms with Crippen molar-refractivity contribution in [2.24, 2.45) is 10.8 Å². The quantitative estimate of drug-likeness (QED) is 0.567. The topological polar surface area (TPSA) is 76.2 Å².